The highest BCUT2D eigenvalue weighted by molar-refractivity contribution is 6.34. The van der Waals surface area contributed by atoms with Gasteiger partial charge in [0.1, 0.15) is 16.7 Å². The zero-order chi connectivity index (χ0) is 10.8. The molecule has 15 heavy (non-hydrogen) atoms. The minimum absolute atomic E-state index is 0.449. The normalized spacial score (nSPS) is 10.3. The summed E-state index contributed by atoms with van der Waals surface area (Å²) in [4.78, 5) is 4.01. The molecule has 1 aromatic carbocycles. The molecule has 0 amide bonds. The molecule has 0 saturated heterocycles. The summed E-state index contributed by atoms with van der Waals surface area (Å²) < 4.78 is 10.4. The van der Waals surface area contributed by atoms with E-state index in [-0.39, 0.29) is 0 Å². The van der Waals surface area contributed by atoms with Crippen molar-refractivity contribution in [3.8, 4) is 11.5 Å². The molecule has 0 atom stereocenters. The maximum Gasteiger partial charge on any atom is 0.137 e. The van der Waals surface area contributed by atoms with Crippen LogP contribution in [0.15, 0.2) is 24.4 Å². The molecule has 0 N–H and O–H groups in total. The summed E-state index contributed by atoms with van der Waals surface area (Å²) in [5.74, 6) is 1.43. The molecule has 0 radical (unpaired) electrons. The molecule has 0 aliphatic heterocycles. The van der Waals surface area contributed by atoms with E-state index < -0.39 is 0 Å². The van der Waals surface area contributed by atoms with E-state index >= 15 is 0 Å². The molecule has 3 nitrogen and oxygen atoms in total. The maximum atomic E-state index is 5.99. The van der Waals surface area contributed by atoms with Crippen LogP contribution in [0.25, 0.3) is 10.8 Å². The summed E-state index contributed by atoms with van der Waals surface area (Å²) in [5.41, 5.74) is 0. The zero-order valence-electron chi connectivity index (χ0n) is 8.45. The molecule has 2 rings (SSSR count). The second-order valence-corrected chi connectivity index (χ2v) is 3.38. The Hall–Kier alpha value is -1.48. The van der Waals surface area contributed by atoms with Crippen molar-refractivity contribution in [2.45, 2.75) is 0 Å². The third kappa shape index (κ3) is 1.70. The third-order valence-corrected chi connectivity index (χ3v) is 2.52. The van der Waals surface area contributed by atoms with Crippen molar-refractivity contribution >= 4 is 22.4 Å². The topological polar surface area (TPSA) is 31.4 Å². The average Bonchev–Trinajstić information content (AvgIpc) is 2.28. The lowest BCUT2D eigenvalue weighted by molar-refractivity contribution is 0.398. The van der Waals surface area contributed by atoms with E-state index in [4.69, 9.17) is 21.1 Å². The average molecular weight is 224 g/mol. The summed E-state index contributed by atoms with van der Waals surface area (Å²) >= 11 is 5.99. The first kappa shape index (κ1) is 10.1. The van der Waals surface area contributed by atoms with Gasteiger partial charge in [-0.3, -0.25) is 0 Å². The molecule has 0 spiro atoms. The number of rotatable bonds is 2. The quantitative estimate of drug-likeness (QED) is 0.734. The molecular formula is C11H10ClNO2. The number of pyridine rings is 1. The van der Waals surface area contributed by atoms with Crippen LogP contribution in [-0.2, 0) is 0 Å². The number of aromatic nitrogens is 1. The van der Waals surface area contributed by atoms with Crippen LogP contribution in [0, 0.1) is 0 Å². The van der Waals surface area contributed by atoms with Crippen LogP contribution in [-0.4, -0.2) is 19.2 Å². The van der Waals surface area contributed by atoms with Gasteiger partial charge in [0.05, 0.1) is 14.2 Å². The predicted molar refractivity (Wildman–Crippen MR) is 59.9 cm³/mol. The van der Waals surface area contributed by atoms with Crippen LogP contribution in [0.5, 0.6) is 11.5 Å². The Balaban J connectivity index is 2.80. The molecule has 1 heterocycles. The highest BCUT2D eigenvalue weighted by Crippen LogP contribution is 2.33. The Kier molecular flexibility index (Phi) is 2.64. The van der Waals surface area contributed by atoms with E-state index in [1.54, 1.807) is 20.4 Å². The Morgan fingerprint density at radius 2 is 1.93 bits per heavy atom. The number of benzene rings is 1. The van der Waals surface area contributed by atoms with Gasteiger partial charge in [-0.25, -0.2) is 4.98 Å². The largest absolute Gasteiger partial charge is 0.497 e. The van der Waals surface area contributed by atoms with E-state index in [9.17, 15) is 0 Å². The minimum atomic E-state index is 0.449. The van der Waals surface area contributed by atoms with Crippen molar-refractivity contribution in [2.75, 3.05) is 14.2 Å². The van der Waals surface area contributed by atoms with E-state index in [0.29, 0.717) is 10.9 Å². The van der Waals surface area contributed by atoms with Crippen molar-refractivity contribution in [1.29, 1.82) is 0 Å². The second-order valence-electron chi connectivity index (χ2n) is 3.03. The molecule has 0 saturated carbocycles. The molecule has 0 bridgehead atoms. The first-order valence-electron chi connectivity index (χ1n) is 4.42. The van der Waals surface area contributed by atoms with Crippen LogP contribution >= 0.6 is 11.6 Å². The molecule has 4 heteroatoms. The van der Waals surface area contributed by atoms with Gasteiger partial charge < -0.3 is 9.47 Å². The fourth-order valence-electron chi connectivity index (χ4n) is 1.48. The van der Waals surface area contributed by atoms with Crippen LogP contribution < -0.4 is 9.47 Å². The minimum Gasteiger partial charge on any atom is -0.497 e. The molecule has 1 aromatic heterocycles. The lowest BCUT2D eigenvalue weighted by Crippen LogP contribution is -1.90. The zero-order valence-corrected chi connectivity index (χ0v) is 9.21. The first-order valence-corrected chi connectivity index (χ1v) is 4.80. The molecule has 0 fully saturated rings. The number of hydrogen-bond acceptors (Lipinski definition) is 3. The van der Waals surface area contributed by atoms with Gasteiger partial charge in [-0.15, -0.1) is 0 Å². The van der Waals surface area contributed by atoms with Gasteiger partial charge in [-0.2, -0.15) is 0 Å². The van der Waals surface area contributed by atoms with Gasteiger partial charge in [0.15, 0.2) is 0 Å². The standard InChI is InChI=1S/C11H10ClNO2/c1-14-7-5-9-8(10(6-7)15-2)3-4-13-11(9)12/h3-6H,1-2H3. The van der Waals surface area contributed by atoms with Gasteiger partial charge in [-0.05, 0) is 12.1 Å². The van der Waals surface area contributed by atoms with Crippen LogP contribution in [0.2, 0.25) is 5.15 Å². The highest BCUT2D eigenvalue weighted by atomic mass is 35.5. The summed E-state index contributed by atoms with van der Waals surface area (Å²) in [5, 5.41) is 2.21. The van der Waals surface area contributed by atoms with Gasteiger partial charge in [-0.1, -0.05) is 11.6 Å². The Bertz CT molecular complexity index is 499. The van der Waals surface area contributed by atoms with Crippen LogP contribution in [0.4, 0.5) is 0 Å². The van der Waals surface area contributed by atoms with Crippen LogP contribution in [0.1, 0.15) is 0 Å². The third-order valence-electron chi connectivity index (χ3n) is 2.22. The number of methoxy groups -OCH3 is 2. The van der Waals surface area contributed by atoms with Crippen molar-refractivity contribution < 1.29 is 9.47 Å². The smallest absolute Gasteiger partial charge is 0.137 e. The molecule has 0 aliphatic carbocycles. The summed E-state index contributed by atoms with van der Waals surface area (Å²) in [6, 6.07) is 5.52. The van der Waals surface area contributed by atoms with E-state index in [1.165, 1.54) is 0 Å². The van der Waals surface area contributed by atoms with E-state index in [2.05, 4.69) is 4.98 Å². The number of nitrogens with zero attached hydrogens (tertiary/aromatic N) is 1. The van der Waals surface area contributed by atoms with Crippen LogP contribution in [0.3, 0.4) is 0 Å². The molecule has 78 valence electrons. The fraction of sp³-hybridized carbons (Fsp3) is 0.182. The molecule has 2 aromatic rings. The van der Waals surface area contributed by atoms with Crippen molar-refractivity contribution in [3.05, 3.63) is 29.5 Å². The van der Waals surface area contributed by atoms with E-state index in [1.807, 2.05) is 18.2 Å². The fourth-order valence-corrected chi connectivity index (χ4v) is 1.69. The Morgan fingerprint density at radius 3 is 2.60 bits per heavy atom. The maximum absolute atomic E-state index is 5.99. The monoisotopic (exact) mass is 223 g/mol. The Labute approximate surface area is 92.6 Å². The lowest BCUT2D eigenvalue weighted by Gasteiger charge is -2.08. The van der Waals surface area contributed by atoms with Crippen molar-refractivity contribution in [1.82, 2.24) is 4.98 Å². The van der Waals surface area contributed by atoms with Gasteiger partial charge in [0.25, 0.3) is 0 Å². The summed E-state index contributed by atoms with van der Waals surface area (Å²) in [7, 11) is 3.22. The van der Waals surface area contributed by atoms with Gasteiger partial charge in [0, 0.05) is 23.0 Å². The first-order chi connectivity index (χ1) is 7.26. The predicted octanol–water partition coefficient (Wildman–Crippen LogP) is 2.91. The molecule has 0 unspecified atom stereocenters. The SMILES string of the molecule is COc1cc(OC)c2ccnc(Cl)c2c1. The van der Waals surface area contributed by atoms with Crippen molar-refractivity contribution in [2.24, 2.45) is 0 Å². The highest BCUT2D eigenvalue weighted by Gasteiger charge is 2.07. The molecule has 0 aliphatic rings. The number of ether oxygens (including phenoxy) is 2. The van der Waals surface area contributed by atoms with Gasteiger partial charge >= 0.3 is 0 Å². The van der Waals surface area contributed by atoms with Gasteiger partial charge in [0.2, 0.25) is 0 Å². The van der Waals surface area contributed by atoms with E-state index in [0.717, 1.165) is 16.5 Å². The Morgan fingerprint density at radius 1 is 1.13 bits per heavy atom. The van der Waals surface area contributed by atoms with Crippen molar-refractivity contribution in [3.63, 3.8) is 0 Å². The number of hydrogen-bond donors (Lipinski definition) is 0. The summed E-state index contributed by atoms with van der Waals surface area (Å²) in [6.45, 7) is 0. The molecular weight excluding hydrogens is 214 g/mol. The second kappa shape index (κ2) is 3.95. The summed E-state index contributed by atoms with van der Waals surface area (Å²) in [6.07, 6.45) is 1.65. The number of halogens is 1. The number of fused-ring (bicyclic) bond motifs is 1. The lowest BCUT2D eigenvalue weighted by atomic mass is 10.1.